The van der Waals surface area contributed by atoms with Crippen LogP contribution in [0.15, 0.2) is 0 Å². The second-order valence-electron chi connectivity index (χ2n) is 28.9. The molecular weight excluding hydrogens is 1260 g/mol. The van der Waals surface area contributed by atoms with E-state index in [1.807, 2.05) is 0 Å². The van der Waals surface area contributed by atoms with Crippen molar-refractivity contribution in [3.05, 3.63) is 0 Å². The molecule has 5 unspecified atom stereocenters. The predicted molar refractivity (Wildman–Crippen MR) is 391 cm³/mol. The molecule has 3 N–H and O–H groups in total. The first-order valence-corrected chi connectivity index (χ1v) is 42.8. The third-order valence-corrected chi connectivity index (χ3v) is 20.8. The number of carbonyl (C=O) groups is 4. The first-order valence-electron chi connectivity index (χ1n) is 39.8. The molecule has 0 aliphatic heterocycles. The van der Waals surface area contributed by atoms with Crippen LogP contribution in [0.1, 0.15) is 389 Å². The van der Waals surface area contributed by atoms with Gasteiger partial charge in [0.1, 0.15) is 19.3 Å². The Morgan fingerprint density at radius 3 is 0.740 bits per heavy atom. The van der Waals surface area contributed by atoms with Gasteiger partial charge < -0.3 is 33.8 Å². The lowest BCUT2D eigenvalue weighted by Crippen LogP contribution is -2.30. The van der Waals surface area contributed by atoms with Gasteiger partial charge in [0.05, 0.1) is 26.4 Å². The Balaban J connectivity index is 5.23. The summed E-state index contributed by atoms with van der Waals surface area (Å²) < 4.78 is 68.5. The lowest BCUT2D eigenvalue weighted by Gasteiger charge is -2.21. The van der Waals surface area contributed by atoms with Crippen molar-refractivity contribution in [2.24, 2.45) is 23.7 Å². The smallest absolute Gasteiger partial charge is 0.462 e. The van der Waals surface area contributed by atoms with Crippen molar-refractivity contribution >= 4 is 39.5 Å². The predicted octanol–water partition coefficient (Wildman–Crippen LogP) is 22.4. The van der Waals surface area contributed by atoms with Crippen LogP contribution in [-0.4, -0.2) is 96.7 Å². The normalized spacial score (nSPS) is 15.0. The maximum Gasteiger partial charge on any atom is 0.472 e. The molecule has 17 nitrogen and oxygen atoms in total. The van der Waals surface area contributed by atoms with E-state index in [1.54, 1.807) is 0 Å². The van der Waals surface area contributed by atoms with Gasteiger partial charge in [-0.05, 0) is 49.4 Å². The van der Waals surface area contributed by atoms with E-state index >= 15 is 0 Å². The minimum Gasteiger partial charge on any atom is -0.462 e. The zero-order chi connectivity index (χ0) is 71.0. The molecule has 0 aliphatic rings. The van der Waals surface area contributed by atoms with Crippen LogP contribution in [0, 0.1) is 23.7 Å². The maximum atomic E-state index is 13.1. The van der Waals surface area contributed by atoms with Crippen molar-refractivity contribution < 1.29 is 80.2 Å². The third kappa shape index (κ3) is 66.6. The number of ether oxygens (including phenoxy) is 4. The highest BCUT2D eigenvalue weighted by atomic mass is 31.2. The van der Waals surface area contributed by atoms with Crippen LogP contribution in [0.4, 0.5) is 0 Å². The molecule has 0 bridgehead atoms. The van der Waals surface area contributed by atoms with Gasteiger partial charge in [0.25, 0.3) is 0 Å². The molecule has 0 aromatic carbocycles. The molecule has 0 radical (unpaired) electrons. The fraction of sp³-hybridized carbons (Fsp3) is 0.948. The minimum atomic E-state index is -4.96. The first-order chi connectivity index (χ1) is 46.2. The second-order valence-corrected chi connectivity index (χ2v) is 31.9. The molecule has 0 amide bonds. The van der Waals surface area contributed by atoms with Crippen LogP contribution in [0.3, 0.4) is 0 Å². The van der Waals surface area contributed by atoms with Gasteiger partial charge in [0, 0.05) is 25.7 Å². The lowest BCUT2D eigenvalue weighted by atomic mass is 9.99. The van der Waals surface area contributed by atoms with Crippen molar-refractivity contribution in [3.8, 4) is 0 Å². The summed E-state index contributed by atoms with van der Waals surface area (Å²) in [5, 5.41) is 10.6. The van der Waals surface area contributed by atoms with Crippen molar-refractivity contribution in [1.82, 2.24) is 0 Å². The van der Waals surface area contributed by atoms with Crippen molar-refractivity contribution in [2.45, 2.75) is 408 Å². The van der Waals surface area contributed by atoms with Crippen LogP contribution in [-0.2, 0) is 65.4 Å². The molecule has 8 atom stereocenters. The highest BCUT2D eigenvalue weighted by Gasteiger charge is 2.30. The van der Waals surface area contributed by atoms with Crippen molar-refractivity contribution in [3.63, 3.8) is 0 Å². The molecular formula is C77H150O17P2. The van der Waals surface area contributed by atoms with Gasteiger partial charge in [0.15, 0.2) is 12.2 Å². The largest absolute Gasteiger partial charge is 0.472 e. The summed E-state index contributed by atoms with van der Waals surface area (Å²) in [6, 6.07) is 0. The highest BCUT2D eigenvalue weighted by molar-refractivity contribution is 7.47. The van der Waals surface area contributed by atoms with Gasteiger partial charge in [0.2, 0.25) is 0 Å². The lowest BCUT2D eigenvalue weighted by molar-refractivity contribution is -0.161. The summed E-state index contributed by atoms with van der Waals surface area (Å²) in [5.74, 6) is 0.980. The summed E-state index contributed by atoms with van der Waals surface area (Å²) in [7, 11) is -9.91. The van der Waals surface area contributed by atoms with Gasteiger partial charge >= 0.3 is 39.5 Å². The van der Waals surface area contributed by atoms with Crippen LogP contribution in [0.25, 0.3) is 0 Å². The third-order valence-electron chi connectivity index (χ3n) is 18.9. The van der Waals surface area contributed by atoms with Crippen LogP contribution in [0.5, 0.6) is 0 Å². The molecule has 0 aromatic heterocycles. The molecule has 0 aromatic rings. The van der Waals surface area contributed by atoms with E-state index in [-0.39, 0.29) is 25.7 Å². The molecule has 0 saturated carbocycles. The summed E-state index contributed by atoms with van der Waals surface area (Å²) in [5.41, 5.74) is 0. The molecule has 570 valence electrons. The number of phosphoric acid groups is 2. The number of aliphatic hydroxyl groups excluding tert-OH is 1. The monoisotopic (exact) mass is 1410 g/mol. The molecule has 19 heteroatoms. The Morgan fingerprint density at radius 1 is 0.292 bits per heavy atom. The quantitative estimate of drug-likeness (QED) is 0.0222. The number of unbranched alkanes of at least 4 members (excludes halogenated alkanes) is 37. The van der Waals surface area contributed by atoms with Crippen molar-refractivity contribution in [2.75, 3.05) is 39.6 Å². The molecule has 0 saturated heterocycles. The van der Waals surface area contributed by atoms with Gasteiger partial charge in [-0.2, -0.15) is 0 Å². The summed E-state index contributed by atoms with van der Waals surface area (Å²) >= 11 is 0. The molecule has 0 rings (SSSR count). The first kappa shape index (κ1) is 94.1. The van der Waals surface area contributed by atoms with E-state index < -0.39 is 97.5 Å². The standard InChI is InChI=1S/C77H150O17P2/c1-9-68(6)54-46-38-30-26-22-18-15-16-20-24-28-32-43-51-59-76(81)93-72(63-87-74(79)57-49-41-31-27-23-19-14-12-13-17-21-25-29-37-45-53-67(4)5)65-91-95(83,84)89-61-71(78)62-90-96(85,86)92-66-73(94-77(82)60-52-44-36-34-40-48-56-70(8)11-3)64-88-75(80)58-50-42-35-33-39-47-55-69(7)10-2/h67-73,78H,9-66H2,1-8H3,(H,83,84)(H,85,86)/t68?,69?,70?,71-,72-,73-/m1/s1. The molecule has 0 heterocycles. The molecule has 0 aliphatic carbocycles. The Labute approximate surface area is 588 Å². The summed E-state index contributed by atoms with van der Waals surface area (Å²) in [6.45, 7) is 14.2. The number of aliphatic hydroxyl groups is 1. The van der Waals surface area contributed by atoms with E-state index in [1.165, 1.54) is 186 Å². The van der Waals surface area contributed by atoms with Crippen LogP contribution >= 0.6 is 15.6 Å². The zero-order valence-electron chi connectivity index (χ0n) is 63.0. The summed E-state index contributed by atoms with van der Waals surface area (Å²) in [4.78, 5) is 72.8. The number of hydrogen-bond acceptors (Lipinski definition) is 15. The van der Waals surface area contributed by atoms with Gasteiger partial charge in [-0.1, -0.05) is 338 Å². The fourth-order valence-electron chi connectivity index (χ4n) is 11.6. The van der Waals surface area contributed by atoms with Gasteiger partial charge in [-0.15, -0.1) is 0 Å². The highest BCUT2D eigenvalue weighted by Crippen LogP contribution is 2.45. The van der Waals surface area contributed by atoms with E-state index in [0.717, 1.165) is 120 Å². The Bertz CT molecular complexity index is 1890. The maximum absolute atomic E-state index is 13.1. The van der Waals surface area contributed by atoms with E-state index in [2.05, 4.69) is 55.4 Å². The molecule has 0 spiro atoms. The Kier molecular flexibility index (Phi) is 65.0. The Hall–Kier alpha value is -1.94. The van der Waals surface area contributed by atoms with Crippen LogP contribution < -0.4 is 0 Å². The number of carbonyl (C=O) groups excluding carboxylic acids is 4. The number of esters is 4. The SMILES string of the molecule is CCC(C)CCCCCCCCCCCCCCCCC(=O)O[C@H](COC(=O)CCCCCCCCCCCCCCCCCC(C)C)COP(=O)(O)OC[C@@H](O)COP(=O)(O)OC[C@@H](COC(=O)CCCCCCCCC(C)CC)OC(=O)CCCCCCCCC(C)CC. The zero-order valence-corrected chi connectivity index (χ0v) is 64.8. The number of phosphoric ester groups is 2. The Morgan fingerprint density at radius 2 is 0.500 bits per heavy atom. The fourth-order valence-corrected chi connectivity index (χ4v) is 13.2. The molecule has 96 heavy (non-hydrogen) atoms. The van der Waals surface area contributed by atoms with E-state index in [4.69, 9.17) is 37.0 Å². The van der Waals surface area contributed by atoms with Gasteiger partial charge in [-0.3, -0.25) is 37.3 Å². The summed E-state index contributed by atoms with van der Waals surface area (Å²) in [6.07, 6.45) is 51.4. The van der Waals surface area contributed by atoms with E-state index in [0.29, 0.717) is 25.7 Å². The topological polar surface area (TPSA) is 237 Å². The van der Waals surface area contributed by atoms with Crippen molar-refractivity contribution in [1.29, 1.82) is 0 Å². The van der Waals surface area contributed by atoms with Crippen LogP contribution in [0.2, 0.25) is 0 Å². The average molecular weight is 1410 g/mol. The number of rotatable bonds is 74. The second kappa shape index (κ2) is 66.3. The van der Waals surface area contributed by atoms with E-state index in [9.17, 15) is 43.2 Å². The molecule has 0 fully saturated rings. The number of hydrogen-bond donors (Lipinski definition) is 3. The minimum absolute atomic E-state index is 0.102. The van der Waals surface area contributed by atoms with Gasteiger partial charge in [-0.25, -0.2) is 9.13 Å². The average Bonchev–Trinajstić information content (AvgIpc) is 1.27.